The number of methoxy groups -OCH3 is 1. The molecular weight excluding hydrogens is 354 g/mol. The lowest BCUT2D eigenvalue weighted by Crippen LogP contribution is -2.39. The Balaban J connectivity index is 1.34. The van der Waals surface area contributed by atoms with Crippen LogP contribution < -0.4 is 10.1 Å². The molecule has 2 aromatic heterocycles. The Bertz CT molecular complexity index is 976. The number of anilines is 1. The second kappa shape index (κ2) is 7.98. The minimum atomic E-state index is -0.0183. The van der Waals surface area contributed by atoms with E-state index in [1.54, 1.807) is 7.11 Å². The van der Waals surface area contributed by atoms with Crippen LogP contribution in [0.25, 0.3) is 5.65 Å². The second-order valence-corrected chi connectivity index (χ2v) is 7.29. The number of benzene rings is 1. The zero-order chi connectivity index (χ0) is 19.5. The van der Waals surface area contributed by atoms with Crippen molar-refractivity contribution in [2.24, 2.45) is 0 Å². The zero-order valence-electron chi connectivity index (χ0n) is 16.3. The van der Waals surface area contributed by atoms with E-state index in [0.29, 0.717) is 18.2 Å². The number of nitrogens with zero attached hydrogens (tertiary/aromatic N) is 4. The van der Waals surface area contributed by atoms with Crippen LogP contribution in [-0.2, 0) is 4.79 Å². The van der Waals surface area contributed by atoms with E-state index in [9.17, 15) is 4.79 Å². The van der Waals surface area contributed by atoms with Crippen LogP contribution in [0.4, 0.5) is 5.69 Å². The number of carbonyl (C=O) groups is 1. The first kappa shape index (κ1) is 18.4. The number of carbonyl (C=O) groups excluding carboxylic acids is 1. The Morgan fingerprint density at radius 2 is 2.04 bits per heavy atom. The van der Waals surface area contributed by atoms with Gasteiger partial charge in [-0.1, -0.05) is 12.1 Å². The summed E-state index contributed by atoms with van der Waals surface area (Å²) in [6.07, 6.45) is 3.95. The third-order valence-corrected chi connectivity index (χ3v) is 5.29. The van der Waals surface area contributed by atoms with Crippen molar-refractivity contribution in [2.75, 3.05) is 32.1 Å². The number of aryl methyl sites for hydroxylation is 1. The van der Waals surface area contributed by atoms with Gasteiger partial charge in [0.1, 0.15) is 11.6 Å². The van der Waals surface area contributed by atoms with Crippen LogP contribution in [0, 0.1) is 6.92 Å². The molecule has 0 radical (unpaired) electrons. The van der Waals surface area contributed by atoms with Crippen molar-refractivity contribution >= 4 is 17.2 Å². The Labute approximate surface area is 164 Å². The summed E-state index contributed by atoms with van der Waals surface area (Å²) in [5, 5.41) is 11.6. The van der Waals surface area contributed by atoms with Gasteiger partial charge in [0, 0.05) is 12.1 Å². The van der Waals surface area contributed by atoms with E-state index in [4.69, 9.17) is 4.74 Å². The molecule has 4 rings (SSSR count). The predicted molar refractivity (Wildman–Crippen MR) is 108 cm³/mol. The van der Waals surface area contributed by atoms with Gasteiger partial charge >= 0.3 is 0 Å². The average molecular weight is 379 g/mol. The van der Waals surface area contributed by atoms with Crippen LogP contribution in [0.5, 0.6) is 5.75 Å². The third kappa shape index (κ3) is 3.84. The number of amides is 1. The number of likely N-dealkylation sites (tertiary alicyclic amines) is 1. The maximum absolute atomic E-state index is 12.5. The van der Waals surface area contributed by atoms with Crippen molar-refractivity contribution in [3.05, 3.63) is 54.0 Å². The number of hydrogen-bond acceptors (Lipinski definition) is 5. The molecule has 1 aromatic carbocycles. The number of piperidine rings is 1. The highest BCUT2D eigenvalue weighted by Gasteiger charge is 2.25. The molecule has 0 spiro atoms. The van der Waals surface area contributed by atoms with Gasteiger partial charge in [-0.15, -0.1) is 10.2 Å². The van der Waals surface area contributed by atoms with Crippen LogP contribution in [0.1, 0.15) is 30.1 Å². The normalized spacial score (nSPS) is 15.6. The largest absolute Gasteiger partial charge is 0.495 e. The van der Waals surface area contributed by atoms with Gasteiger partial charge in [0.05, 0.1) is 19.3 Å². The molecule has 0 aliphatic carbocycles. The molecule has 146 valence electrons. The fourth-order valence-electron chi connectivity index (χ4n) is 3.80. The molecule has 3 heterocycles. The van der Waals surface area contributed by atoms with Gasteiger partial charge in [0.15, 0.2) is 5.65 Å². The molecule has 1 saturated heterocycles. The van der Waals surface area contributed by atoms with Crippen LogP contribution in [0.3, 0.4) is 0 Å². The van der Waals surface area contributed by atoms with E-state index in [1.165, 1.54) is 0 Å². The molecule has 1 amide bonds. The number of nitrogens with one attached hydrogen (secondary N) is 1. The Kier molecular flexibility index (Phi) is 5.25. The number of hydrogen-bond donors (Lipinski definition) is 1. The van der Waals surface area contributed by atoms with E-state index in [2.05, 4.69) is 24.8 Å². The monoisotopic (exact) mass is 379 g/mol. The van der Waals surface area contributed by atoms with Gasteiger partial charge in [0.25, 0.3) is 0 Å². The first-order valence-corrected chi connectivity index (χ1v) is 9.60. The maximum Gasteiger partial charge on any atom is 0.238 e. The molecule has 0 saturated carbocycles. The fourth-order valence-corrected chi connectivity index (χ4v) is 3.80. The van der Waals surface area contributed by atoms with Crippen molar-refractivity contribution in [3.63, 3.8) is 0 Å². The molecule has 1 aliphatic heterocycles. The topological polar surface area (TPSA) is 71.8 Å². The lowest BCUT2D eigenvalue weighted by Gasteiger charge is -2.30. The smallest absolute Gasteiger partial charge is 0.238 e. The van der Waals surface area contributed by atoms with Gasteiger partial charge in [0.2, 0.25) is 5.91 Å². The van der Waals surface area contributed by atoms with Gasteiger partial charge in [-0.3, -0.25) is 14.1 Å². The summed E-state index contributed by atoms with van der Waals surface area (Å²) in [5.74, 6) is 2.05. The Morgan fingerprint density at radius 3 is 2.82 bits per heavy atom. The number of aromatic nitrogens is 3. The van der Waals surface area contributed by atoms with E-state index < -0.39 is 0 Å². The first-order chi connectivity index (χ1) is 13.6. The van der Waals surface area contributed by atoms with Gasteiger partial charge in [-0.05, 0) is 62.7 Å². The van der Waals surface area contributed by atoms with Crippen LogP contribution >= 0.6 is 0 Å². The maximum atomic E-state index is 12.5. The highest BCUT2D eigenvalue weighted by molar-refractivity contribution is 5.93. The van der Waals surface area contributed by atoms with Crippen molar-refractivity contribution in [1.29, 1.82) is 0 Å². The minimum absolute atomic E-state index is 0.0183. The summed E-state index contributed by atoms with van der Waals surface area (Å²) in [5.41, 5.74) is 2.68. The van der Waals surface area contributed by atoms with Gasteiger partial charge in [-0.25, -0.2) is 0 Å². The highest BCUT2D eigenvalue weighted by Crippen LogP contribution is 2.28. The number of rotatable bonds is 5. The number of fused-ring (bicyclic) bond motifs is 1. The van der Waals surface area contributed by atoms with Crippen molar-refractivity contribution in [1.82, 2.24) is 19.5 Å². The minimum Gasteiger partial charge on any atom is -0.495 e. The lowest BCUT2D eigenvalue weighted by molar-refractivity contribution is -0.117. The lowest BCUT2D eigenvalue weighted by atomic mass is 9.96. The van der Waals surface area contributed by atoms with E-state index in [0.717, 1.165) is 48.7 Å². The van der Waals surface area contributed by atoms with Crippen molar-refractivity contribution < 1.29 is 9.53 Å². The average Bonchev–Trinajstić information content (AvgIpc) is 3.13. The number of ether oxygens (including phenoxy) is 1. The SMILES string of the molecule is COc1ccc(C)cc1NC(=O)CN1CCC(c2nnc3ccccn23)CC1. The summed E-state index contributed by atoms with van der Waals surface area (Å²) in [4.78, 5) is 14.7. The van der Waals surface area contributed by atoms with Crippen LogP contribution in [-0.4, -0.2) is 52.1 Å². The first-order valence-electron chi connectivity index (χ1n) is 9.60. The van der Waals surface area contributed by atoms with Crippen LogP contribution in [0.15, 0.2) is 42.6 Å². The van der Waals surface area contributed by atoms with Gasteiger partial charge in [-0.2, -0.15) is 0 Å². The molecular formula is C21H25N5O2. The van der Waals surface area contributed by atoms with E-state index in [-0.39, 0.29) is 5.91 Å². The quantitative estimate of drug-likeness (QED) is 0.738. The molecule has 3 aromatic rings. The van der Waals surface area contributed by atoms with E-state index in [1.807, 2.05) is 49.5 Å². The summed E-state index contributed by atoms with van der Waals surface area (Å²) in [6.45, 7) is 4.11. The van der Waals surface area contributed by atoms with Crippen molar-refractivity contribution in [2.45, 2.75) is 25.7 Å². The third-order valence-electron chi connectivity index (χ3n) is 5.29. The molecule has 1 fully saturated rings. The van der Waals surface area contributed by atoms with E-state index >= 15 is 0 Å². The van der Waals surface area contributed by atoms with Crippen LogP contribution in [0.2, 0.25) is 0 Å². The zero-order valence-corrected chi connectivity index (χ0v) is 16.3. The fraction of sp³-hybridized carbons (Fsp3) is 0.381. The summed E-state index contributed by atoms with van der Waals surface area (Å²) in [6, 6.07) is 11.7. The molecule has 0 bridgehead atoms. The highest BCUT2D eigenvalue weighted by atomic mass is 16.5. The molecule has 0 unspecified atom stereocenters. The van der Waals surface area contributed by atoms with Crippen molar-refractivity contribution in [3.8, 4) is 5.75 Å². The molecule has 7 nitrogen and oxygen atoms in total. The Morgan fingerprint density at radius 1 is 1.21 bits per heavy atom. The molecule has 28 heavy (non-hydrogen) atoms. The summed E-state index contributed by atoms with van der Waals surface area (Å²) in [7, 11) is 1.61. The molecule has 7 heteroatoms. The summed E-state index contributed by atoms with van der Waals surface area (Å²) < 4.78 is 7.40. The number of pyridine rings is 1. The summed E-state index contributed by atoms with van der Waals surface area (Å²) >= 11 is 0. The molecule has 1 aliphatic rings. The second-order valence-electron chi connectivity index (χ2n) is 7.29. The standard InChI is InChI=1S/C21H25N5O2/c1-15-6-7-18(28-2)17(13-15)22-20(27)14-25-11-8-16(9-12-25)21-24-23-19-5-3-4-10-26(19)21/h3-7,10,13,16H,8-9,11-12,14H2,1-2H3,(H,22,27). The predicted octanol–water partition coefficient (Wildman–Crippen LogP) is 2.86. The molecule has 0 atom stereocenters. The molecule has 1 N–H and O–H groups in total. The van der Waals surface area contributed by atoms with Gasteiger partial charge < -0.3 is 10.1 Å². The Hall–Kier alpha value is -2.93.